The first kappa shape index (κ1) is 7.80. The smallest absolute Gasteiger partial charge is 0.0204 e. The van der Waals surface area contributed by atoms with E-state index in [0.29, 0.717) is 0 Å². The van der Waals surface area contributed by atoms with Crippen molar-refractivity contribution in [3.8, 4) is 0 Å². The van der Waals surface area contributed by atoms with E-state index >= 15 is 0 Å². The van der Waals surface area contributed by atoms with Crippen LogP contribution in [0, 0.1) is 13.3 Å². The van der Waals surface area contributed by atoms with Crippen LogP contribution in [0.4, 0.5) is 0 Å². The molecule has 1 aromatic rings. The number of halogens is 1. The minimum Gasteiger partial charge on any atom is -0.0578 e. The Hall–Kier alpha value is -0.300. The van der Waals surface area contributed by atoms with Crippen LogP contribution < -0.4 is 0 Å². The second-order valence-electron chi connectivity index (χ2n) is 2.30. The highest BCUT2D eigenvalue weighted by molar-refractivity contribution is 9.10. The molecular formula is C9H10Br. The van der Waals surface area contributed by atoms with E-state index in [-0.39, 0.29) is 0 Å². The minimum atomic E-state index is 1.18. The Morgan fingerprint density at radius 2 is 2.10 bits per heavy atom. The predicted molar refractivity (Wildman–Crippen MR) is 48.0 cm³/mol. The Morgan fingerprint density at radius 1 is 1.40 bits per heavy atom. The van der Waals surface area contributed by atoms with E-state index in [9.17, 15) is 0 Å². The van der Waals surface area contributed by atoms with Crippen LogP contribution in [0.1, 0.15) is 18.1 Å². The van der Waals surface area contributed by atoms with E-state index in [1.165, 1.54) is 15.6 Å². The van der Waals surface area contributed by atoms with Gasteiger partial charge >= 0.3 is 0 Å². The molecule has 0 N–H and O–H groups in total. The normalized spacial score (nSPS) is 9.90. The molecule has 0 amide bonds. The summed E-state index contributed by atoms with van der Waals surface area (Å²) in [7, 11) is 0. The van der Waals surface area contributed by atoms with E-state index in [1.54, 1.807) is 0 Å². The average Bonchev–Trinajstić information content (AvgIpc) is 1.95. The topological polar surface area (TPSA) is 0 Å². The molecule has 0 unspecified atom stereocenters. The molecule has 0 saturated heterocycles. The van der Waals surface area contributed by atoms with Crippen molar-refractivity contribution in [1.29, 1.82) is 0 Å². The molecule has 0 nitrogen and oxygen atoms in total. The molecule has 0 aliphatic rings. The maximum absolute atomic E-state index is 3.44. The lowest BCUT2D eigenvalue weighted by Gasteiger charge is -1.99. The minimum absolute atomic E-state index is 1.18. The van der Waals surface area contributed by atoms with Crippen molar-refractivity contribution in [3.63, 3.8) is 0 Å². The molecule has 0 aromatic heterocycles. The molecule has 1 aromatic carbocycles. The third kappa shape index (κ3) is 1.60. The summed E-state index contributed by atoms with van der Waals surface area (Å²) in [4.78, 5) is 0. The van der Waals surface area contributed by atoms with Gasteiger partial charge in [-0.25, -0.2) is 0 Å². The summed E-state index contributed by atoms with van der Waals surface area (Å²) < 4.78 is 1.18. The van der Waals surface area contributed by atoms with Crippen molar-refractivity contribution >= 4 is 15.9 Å². The average molecular weight is 198 g/mol. The third-order valence-corrected chi connectivity index (χ3v) is 2.41. The molecular weight excluding hydrogens is 188 g/mol. The zero-order valence-electron chi connectivity index (χ0n) is 6.19. The summed E-state index contributed by atoms with van der Waals surface area (Å²) in [5.41, 5.74) is 2.57. The number of hydrogen-bond acceptors (Lipinski definition) is 0. The summed E-state index contributed by atoms with van der Waals surface area (Å²) in [5.74, 6) is 0. The van der Waals surface area contributed by atoms with Gasteiger partial charge in [-0.3, -0.25) is 0 Å². The predicted octanol–water partition coefficient (Wildman–Crippen LogP) is 3.33. The fourth-order valence-electron chi connectivity index (χ4n) is 0.847. The standard InChI is InChI=1S/C9H10Br/c1-3-8-4-5-9(10)7(2)6-8/h3-6H,1-2H3. The molecule has 53 valence electrons. The van der Waals surface area contributed by atoms with E-state index in [4.69, 9.17) is 0 Å². The largest absolute Gasteiger partial charge is 0.0578 e. The molecule has 0 bridgehead atoms. The fourth-order valence-corrected chi connectivity index (χ4v) is 1.09. The van der Waals surface area contributed by atoms with Crippen molar-refractivity contribution in [2.45, 2.75) is 13.8 Å². The molecule has 0 saturated carbocycles. The number of benzene rings is 1. The number of rotatable bonds is 1. The zero-order valence-corrected chi connectivity index (χ0v) is 7.77. The van der Waals surface area contributed by atoms with Gasteiger partial charge in [0, 0.05) is 4.47 Å². The molecule has 1 rings (SSSR count). The van der Waals surface area contributed by atoms with Gasteiger partial charge in [0.25, 0.3) is 0 Å². The summed E-state index contributed by atoms with van der Waals surface area (Å²) in [6.45, 7) is 4.14. The van der Waals surface area contributed by atoms with Gasteiger partial charge in [-0.15, -0.1) is 0 Å². The Bertz CT molecular complexity index is 228. The van der Waals surface area contributed by atoms with Gasteiger partial charge in [0.05, 0.1) is 0 Å². The highest BCUT2D eigenvalue weighted by atomic mass is 79.9. The van der Waals surface area contributed by atoms with E-state index in [0.717, 1.165) is 0 Å². The van der Waals surface area contributed by atoms with Crippen molar-refractivity contribution < 1.29 is 0 Å². The Labute approximate surface area is 70.4 Å². The van der Waals surface area contributed by atoms with Crippen molar-refractivity contribution in [2.24, 2.45) is 0 Å². The van der Waals surface area contributed by atoms with Crippen LogP contribution in [0.5, 0.6) is 0 Å². The van der Waals surface area contributed by atoms with E-state index in [1.807, 2.05) is 6.92 Å². The van der Waals surface area contributed by atoms with Gasteiger partial charge in [-0.2, -0.15) is 0 Å². The van der Waals surface area contributed by atoms with Crippen LogP contribution in [0.3, 0.4) is 0 Å². The Kier molecular flexibility index (Phi) is 2.50. The third-order valence-electron chi connectivity index (χ3n) is 1.52. The zero-order chi connectivity index (χ0) is 7.56. The van der Waals surface area contributed by atoms with Crippen LogP contribution in [-0.4, -0.2) is 0 Å². The molecule has 0 aliphatic heterocycles. The van der Waals surface area contributed by atoms with Crippen molar-refractivity contribution in [1.82, 2.24) is 0 Å². The molecule has 10 heavy (non-hydrogen) atoms. The van der Waals surface area contributed by atoms with Crippen molar-refractivity contribution in [2.75, 3.05) is 0 Å². The number of hydrogen-bond donors (Lipinski definition) is 0. The van der Waals surface area contributed by atoms with Crippen LogP contribution in [0.15, 0.2) is 22.7 Å². The number of aryl methyl sites for hydroxylation is 1. The summed E-state index contributed by atoms with van der Waals surface area (Å²) in [6.07, 6.45) is 2.10. The fraction of sp³-hybridized carbons (Fsp3) is 0.222. The molecule has 0 fully saturated rings. The first-order chi connectivity index (χ1) is 4.74. The molecule has 0 spiro atoms. The first-order valence-electron chi connectivity index (χ1n) is 3.29. The van der Waals surface area contributed by atoms with Crippen LogP contribution in [0.25, 0.3) is 0 Å². The van der Waals surface area contributed by atoms with Gasteiger partial charge in [0.15, 0.2) is 0 Å². The second-order valence-corrected chi connectivity index (χ2v) is 3.15. The van der Waals surface area contributed by atoms with Crippen molar-refractivity contribution in [3.05, 3.63) is 40.2 Å². The lowest BCUT2D eigenvalue weighted by Crippen LogP contribution is -1.79. The Morgan fingerprint density at radius 3 is 2.60 bits per heavy atom. The summed E-state index contributed by atoms with van der Waals surface area (Å²) in [5, 5.41) is 0. The maximum atomic E-state index is 3.44. The molecule has 1 heteroatoms. The Balaban J connectivity index is 3.04. The first-order valence-corrected chi connectivity index (χ1v) is 4.09. The maximum Gasteiger partial charge on any atom is 0.0204 e. The highest BCUT2D eigenvalue weighted by Crippen LogP contribution is 2.17. The van der Waals surface area contributed by atoms with Crippen LogP contribution in [-0.2, 0) is 0 Å². The van der Waals surface area contributed by atoms with Crippen LogP contribution >= 0.6 is 15.9 Å². The monoisotopic (exact) mass is 197 g/mol. The van der Waals surface area contributed by atoms with Gasteiger partial charge in [0.1, 0.15) is 0 Å². The van der Waals surface area contributed by atoms with E-state index < -0.39 is 0 Å². The van der Waals surface area contributed by atoms with Crippen LogP contribution in [0.2, 0.25) is 0 Å². The quantitative estimate of drug-likeness (QED) is 0.649. The summed E-state index contributed by atoms with van der Waals surface area (Å²) in [6, 6.07) is 6.33. The molecule has 0 aliphatic carbocycles. The lowest BCUT2D eigenvalue weighted by atomic mass is 10.1. The lowest BCUT2D eigenvalue weighted by molar-refractivity contribution is 1.35. The molecule has 1 radical (unpaired) electrons. The van der Waals surface area contributed by atoms with Gasteiger partial charge in [-0.05, 0) is 30.5 Å². The van der Waals surface area contributed by atoms with Gasteiger partial charge in [-0.1, -0.05) is 35.0 Å². The molecule has 0 heterocycles. The summed E-state index contributed by atoms with van der Waals surface area (Å²) >= 11 is 3.44. The van der Waals surface area contributed by atoms with E-state index in [2.05, 4.69) is 47.5 Å². The second kappa shape index (κ2) is 3.20. The molecule has 0 atom stereocenters. The van der Waals surface area contributed by atoms with Gasteiger partial charge in [0.2, 0.25) is 0 Å². The SMILES string of the molecule is C[CH]c1ccc(Br)c(C)c1. The highest BCUT2D eigenvalue weighted by Gasteiger charge is 1.93. The van der Waals surface area contributed by atoms with Gasteiger partial charge < -0.3 is 0 Å².